The first kappa shape index (κ1) is 15.7. The average Bonchev–Trinajstić information content (AvgIpc) is 2.43. The number of halogens is 3. The SMILES string of the molecule is CC(C)(CCBr)NS(=O)(=O)c1cc(Cl)sc1Cl. The van der Waals surface area contributed by atoms with Crippen molar-refractivity contribution >= 4 is 60.5 Å². The van der Waals surface area contributed by atoms with E-state index in [1.54, 1.807) is 0 Å². The van der Waals surface area contributed by atoms with E-state index in [2.05, 4.69) is 20.7 Å². The second-order valence-electron chi connectivity index (χ2n) is 4.12. The van der Waals surface area contributed by atoms with Crippen LogP contribution in [0.4, 0.5) is 0 Å². The van der Waals surface area contributed by atoms with Gasteiger partial charge in [-0.05, 0) is 26.3 Å². The minimum Gasteiger partial charge on any atom is -0.207 e. The number of sulfonamides is 1. The predicted octanol–water partition coefficient (Wildman–Crippen LogP) is 3.90. The Labute approximate surface area is 124 Å². The van der Waals surface area contributed by atoms with Gasteiger partial charge >= 0.3 is 0 Å². The third-order valence-electron chi connectivity index (χ3n) is 2.05. The maximum atomic E-state index is 12.1. The van der Waals surface area contributed by atoms with Gasteiger partial charge in [-0.15, -0.1) is 11.3 Å². The highest BCUT2D eigenvalue weighted by Crippen LogP contribution is 2.34. The van der Waals surface area contributed by atoms with Crippen LogP contribution in [0.25, 0.3) is 0 Å². The Balaban J connectivity index is 3.01. The Morgan fingerprint density at radius 2 is 2.06 bits per heavy atom. The van der Waals surface area contributed by atoms with Crippen molar-refractivity contribution in [1.82, 2.24) is 4.72 Å². The largest absolute Gasteiger partial charge is 0.243 e. The maximum absolute atomic E-state index is 12.1. The van der Waals surface area contributed by atoms with E-state index in [4.69, 9.17) is 23.2 Å². The van der Waals surface area contributed by atoms with E-state index in [1.165, 1.54) is 6.07 Å². The fraction of sp³-hybridized carbons (Fsp3) is 0.556. The van der Waals surface area contributed by atoms with Crippen LogP contribution in [0, 0.1) is 0 Å². The van der Waals surface area contributed by atoms with E-state index in [9.17, 15) is 8.42 Å². The Kier molecular flexibility index (Phi) is 5.32. The molecule has 0 saturated carbocycles. The second-order valence-corrected chi connectivity index (χ2v) is 8.85. The summed E-state index contributed by atoms with van der Waals surface area (Å²) in [6.07, 6.45) is 0.668. The fourth-order valence-electron chi connectivity index (χ4n) is 1.21. The Hall–Kier alpha value is 0.670. The molecule has 8 heteroatoms. The molecule has 0 atom stereocenters. The number of rotatable bonds is 5. The predicted molar refractivity (Wildman–Crippen MR) is 77.2 cm³/mol. The molecule has 3 nitrogen and oxygen atoms in total. The summed E-state index contributed by atoms with van der Waals surface area (Å²) in [5.74, 6) is 0. The van der Waals surface area contributed by atoms with Crippen LogP contribution >= 0.6 is 50.5 Å². The third kappa shape index (κ3) is 4.36. The molecule has 0 spiro atoms. The minimum atomic E-state index is -3.63. The van der Waals surface area contributed by atoms with Gasteiger partial charge in [0, 0.05) is 10.9 Å². The number of hydrogen-bond acceptors (Lipinski definition) is 3. The van der Waals surface area contributed by atoms with Gasteiger partial charge in [-0.25, -0.2) is 13.1 Å². The van der Waals surface area contributed by atoms with Gasteiger partial charge in [0.15, 0.2) is 0 Å². The first-order valence-electron chi connectivity index (χ1n) is 4.73. The molecule has 0 fully saturated rings. The molecule has 0 aromatic carbocycles. The first-order valence-corrected chi connectivity index (χ1v) is 8.90. The summed E-state index contributed by atoms with van der Waals surface area (Å²) in [6.45, 7) is 3.63. The highest BCUT2D eigenvalue weighted by atomic mass is 79.9. The summed E-state index contributed by atoms with van der Waals surface area (Å²) in [6, 6.07) is 1.36. The molecule has 1 heterocycles. The highest BCUT2D eigenvalue weighted by Gasteiger charge is 2.28. The second kappa shape index (κ2) is 5.75. The van der Waals surface area contributed by atoms with Crippen molar-refractivity contribution in [2.24, 2.45) is 0 Å². The standard InChI is InChI=1S/C9H12BrCl2NO2S2/c1-9(2,3-4-10)13-17(14,15)6-5-7(11)16-8(6)12/h5,13H,3-4H2,1-2H3. The van der Waals surface area contributed by atoms with Crippen LogP contribution < -0.4 is 4.72 Å². The van der Waals surface area contributed by atoms with E-state index < -0.39 is 15.6 Å². The van der Waals surface area contributed by atoms with Crippen LogP contribution in [-0.4, -0.2) is 19.3 Å². The number of alkyl halides is 1. The zero-order chi connectivity index (χ0) is 13.3. The van der Waals surface area contributed by atoms with Gasteiger partial charge in [0.2, 0.25) is 10.0 Å². The molecule has 0 unspecified atom stereocenters. The summed E-state index contributed by atoms with van der Waals surface area (Å²) in [7, 11) is -3.63. The minimum absolute atomic E-state index is 0.0387. The van der Waals surface area contributed by atoms with Gasteiger partial charge in [0.05, 0.1) is 4.34 Å². The molecular weight excluding hydrogens is 369 g/mol. The van der Waals surface area contributed by atoms with Crippen molar-refractivity contribution in [3.63, 3.8) is 0 Å². The smallest absolute Gasteiger partial charge is 0.207 e. The van der Waals surface area contributed by atoms with E-state index in [1.807, 2.05) is 13.8 Å². The zero-order valence-electron chi connectivity index (χ0n) is 9.26. The monoisotopic (exact) mass is 379 g/mol. The third-order valence-corrected chi connectivity index (χ3v) is 5.89. The van der Waals surface area contributed by atoms with Gasteiger partial charge in [-0.3, -0.25) is 0 Å². The lowest BCUT2D eigenvalue weighted by Crippen LogP contribution is -2.43. The van der Waals surface area contributed by atoms with Crippen molar-refractivity contribution < 1.29 is 8.42 Å². The molecule has 1 rings (SSSR count). The van der Waals surface area contributed by atoms with Crippen LogP contribution in [0.15, 0.2) is 11.0 Å². The number of nitrogens with one attached hydrogen (secondary N) is 1. The lowest BCUT2D eigenvalue weighted by molar-refractivity contribution is 0.443. The van der Waals surface area contributed by atoms with Crippen molar-refractivity contribution in [2.45, 2.75) is 30.7 Å². The molecular formula is C9H12BrCl2NO2S2. The van der Waals surface area contributed by atoms with E-state index in [0.29, 0.717) is 16.1 Å². The summed E-state index contributed by atoms with van der Waals surface area (Å²) >= 11 is 15.9. The molecule has 98 valence electrons. The molecule has 1 aromatic rings. The van der Waals surface area contributed by atoms with Crippen LogP contribution in [0.2, 0.25) is 8.67 Å². The molecule has 0 amide bonds. The number of thiophene rings is 1. The molecule has 0 aliphatic heterocycles. The van der Waals surface area contributed by atoms with E-state index in [-0.39, 0.29) is 9.23 Å². The van der Waals surface area contributed by atoms with Crippen LogP contribution in [0.1, 0.15) is 20.3 Å². The molecule has 1 aromatic heterocycles. The summed E-state index contributed by atoms with van der Waals surface area (Å²) in [5, 5.41) is 0.709. The lowest BCUT2D eigenvalue weighted by Gasteiger charge is -2.24. The first-order chi connectivity index (χ1) is 7.68. The Morgan fingerprint density at radius 1 is 1.47 bits per heavy atom. The Bertz CT molecular complexity index is 499. The van der Waals surface area contributed by atoms with Crippen LogP contribution in [-0.2, 0) is 10.0 Å². The molecule has 0 saturated heterocycles. The summed E-state index contributed by atoms with van der Waals surface area (Å²) < 4.78 is 27.3. The van der Waals surface area contributed by atoms with Gasteiger partial charge in [-0.2, -0.15) is 0 Å². The zero-order valence-corrected chi connectivity index (χ0v) is 14.0. The molecule has 0 aliphatic carbocycles. The molecule has 1 N–H and O–H groups in total. The van der Waals surface area contributed by atoms with Gasteiger partial charge < -0.3 is 0 Å². The summed E-state index contributed by atoms with van der Waals surface area (Å²) in [5.41, 5.74) is -0.542. The van der Waals surface area contributed by atoms with Gasteiger partial charge in [-0.1, -0.05) is 39.1 Å². The van der Waals surface area contributed by atoms with Crippen molar-refractivity contribution in [3.8, 4) is 0 Å². The van der Waals surface area contributed by atoms with Gasteiger partial charge in [0.25, 0.3) is 0 Å². The quantitative estimate of drug-likeness (QED) is 0.787. The van der Waals surface area contributed by atoms with Crippen molar-refractivity contribution in [1.29, 1.82) is 0 Å². The van der Waals surface area contributed by atoms with E-state index >= 15 is 0 Å². The molecule has 17 heavy (non-hydrogen) atoms. The summed E-state index contributed by atoms with van der Waals surface area (Å²) in [4.78, 5) is 0.0387. The Morgan fingerprint density at radius 3 is 2.47 bits per heavy atom. The van der Waals surface area contributed by atoms with Crippen molar-refractivity contribution in [2.75, 3.05) is 5.33 Å². The molecule has 0 bridgehead atoms. The van der Waals surface area contributed by atoms with Crippen LogP contribution in [0.5, 0.6) is 0 Å². The van der Waals surface area contributed by atoms with Crippen LogP contribution in [0.3, 0.4) is 0 Å². The van der Waals surface area contributed by atoms with E-state index in [0.717, 1.165) is 11.3 Å². The highest BCUT2D eigenvalue weighted by molar-refractivity contribution is 9.09. The number of hydrogen-bond donors (Lipinski definition) is 1. The fourth-order valence-corrected chi connectivity index (χ4v) is 5.80. The molecule has 0 aliphatic rings. The van der Waals surface area contributed by atoms with Gasteiger partial charge in [0.1, 0.15) is 9.23 Å². The topological polar surface area (TPSA) is 46.2 Å². The maximum Gasteiger partial charge on any atom is 0.243 e. The van der Waals surface area contributed by atoms with Crippen molar-refractivity contribution in [3.05, 3.63) is 14.7 Å². The lowest BCUT2D eigenvalue weighted by atomic mass is 10.0. The average molecular weight is 381 g/mol. The molecule has 0 radical (unpaired) electrons. The normalized spacial score (nSPS) is 13.0.